The number of likely N-dealkylation sites (N-methyl/N-ethyl adjacent to an activating group) is 1. The van der Waals surface area contributed by atoms with Gasteiger partial charge in [0.25, 0.3) is 0 Å². The fraction of sp³-hybridized carbons (Fsp3) is 0.538. The monoisotopic (exact) mass is 297 g/mol. The zero-order valence-corrected chi connectivity index (χ0v) is 11.9. The van der Waals surface area contributed by atoms with Gasteiger partial charge in [0.05, 0.1) is 0 Å². The molecule has 1 aromatic carbocycles. The van der Waals surface area contributed by atoms with Crippen LogP contribution in [0.5, 0.6) is 0 Å². The number of benzene rings is 1. The molecule has 94 valence electrons. The molecular formula is C13H20BrN3. The molecule has 0 bridgehead atoms. The zero-order valence-electron chi connectivity index (χ0n) is 10.3. The van der Waals surface area contributed by atoms with Crippen LogP contribution in [0.2, 0.25) is 0 Å². The van der Waals surface area contributed by atoms with Crippen LogP contribution in [0.15, 0.2) is 28.7 Å². The van der Waals surface area contributed by atoms with Crippen LogP contribution < -0.4 is 5.73 Å². The van der Waals surface area contributed by atoms with Crippen LogP contribution in [-0.2, 0) is 6.54 Å². The first kappa shape index (κ1) is 13.0. The highest BCUT2D eigenvalue weighted by atomic mass is 79.9. The number of nitrogens with zero attached hydrogens (tertiary/aromatic N) is 2. The minimum Gasteiger partial charge on any atom is -0.329 e. The molecule has 4 heteroatoms. The highest BCUT2D eigenvalue weighted by Gasteiger charge is 2.23. The smallest absolute Gasteiger partial charge is 0.0349 e. The summed E-state index contributed by atoms with van der Waals surface area (Å²) < 4.78 is 1.15. The van der Waals surface area contributed by atoms with Crippen LogP contribution >= 0.6 is 15.9 Å². The minimum absolute atomic E-state index is 0.479. The van der Waals surface area contributed by atoms with Crippen molar-refractivity contribution in [3.8, 4) is 0 Å². The highest BCUT2D eigenvalue weighted by molar-refractivity contribution is 9.10. The van der Waals surface area contributed by atoms with Gasteiger partial charge >= 0.3 is 0 Å². The summed E-state index contributed by atoms with van der Waals surface area (Å²) in [5.74, 6) is 0. The van der Waals surface area contributed by atoms with Gasteiger partial charge in [0.15, 0.2) is 0 Å². The van der Waals surface area contributed by atoms with Crippen LogP contribution in [0.4, 0.5) is 0 Å². The molecule has 0 saturated carbocycles. The maximum Gasteiger partial charge on any atom is 0.0349 e. The number of hydrogen-bond donors (Lipinski definition) is 1. The average Bonchev–Trinajstić information content (AvgIpc) is 2.31. The Morgan fingerprint density at radius 3 is 2.94 bits per heavy atom. The predicted molar refractivity (Wildman–Crippen MR) is 74.9 cm³/mol. The van der Waals surface area contributed by atoms with E-state index in [0.717, 1.165) is 37.2 Å². The molecule has 1 aliphatic rings. The van der Waals surface area contributed by atoms with E-state index in [-0.39, 0.29) is 0 Å². The standard InChI is InChI=1S/C13H20BrN3/c1-16-5-6-17(13(8-15)10-16)9-11-3-2-4-12(14)7-11/h2-4,7,13H,5-6,8-10,15H2,1H3. The van der Waals surface area contributed by atoms with Gasteiger partial charge in [0.1, 0.15) is 0 Å². The minimum atomic E-state index is 0.479. The molecule has 3 nitrogen and oxygen atoms in total. The molecular weight excluding hydrogens is 278 g/mol. The molecule has 1 aliphatic heterocycles. The lowest BCUT2D eigenvalue weighted by Gasteiger charge is -2.39. The van der Waals surface area contributed by atoms with Crippen molar-refractivity contribution in [2.75, 3.05) is 33.2 Å². The van der Waals surface area contributed by atoms with Gasteiger partial charge in [0.2, 0.25) is 0 Å². The SMILES string of the molecule is CN1CCN(Cc2cccc(Br)c2)C(CN)C1. The topological polar surface area (TPSA) is 32.5 Å². The van der Waals surface area contributed by atoms with Crippen molar-refractivity contribution in [3.63, 3.8) is 0 Å². The maximum atomic E-state index is 5.86. The van der Waals surface area contributed by atoms with Crippen molar-refractivity contribution < 1.29 is 0 Å². The van der Waals surface area contributed by atoms with Crippen LogP contribution in [0.1, 0.15) is 5.56 Å². The molecule has 0 amide bonds. The molecule has 0 spiro atoms. The maximum absolute atomic E-state index is 5.86. The van der Waals surface area contributed by atoms with Gasteiger partial charge in [-0.15, -0.1) is 0 Å². The van der Waals surface area contributed by atoms with Crippen LogP contribution in [0, 0.1) is 0 Å². The second kappa shape index (κ2) is 5.96. The third kappa shape index (κ3) is 3.52. The Bertz CT molecular complexity index is 369. The van der Waals surface area contributed by atoms with E-state index in [9.17, 15) is 0 Å². The summed E-state index contributed by atoms with van der Waals surface area (Å²) >= 11 is 3.52. The molecule has 0 radical (unpaired) electrons. The van der Waals surface area contributed by atoms with Crippen molar-refractivity contribution in [1.82, 2.24) is 9.80 Å². The Morgan fingerprint density at radius 1 is 1.41 bits per heavy atom. The summed E-state index contributed by atoms with van der Waals surface area (Å²) in [7, 11) is 2.17. The molecule has 0 aromatic heterocycles. The van der Waals surface area contributed by atoms with Gasteiger partial charge in [-0.3, -0.25) is 4.90 Å². The van der Waals surface area contributed by atoms with E-state index in [2.05, 4.69) is 57.0 Å². The molecule has 1 heterocycles. The van der Waals surface area contributed by atoms with Crippen molar-refractivity contribution in [1.29, 1.82) is 0 Å². The molecule has 0 aliphatic carbocycles. The van der Waals surface area contributed by atoms with Crippen molar-refractivity contribution in [2.24, 2.45) is 5.73 Å². The van der Waals surface area contributed by atoms with Gasteiger partial charge in [-0.1, -0.05) is 28.1 Å². The second-order valence-corrected chi connectivity index (χ2v) is 5.67. The molecule has 1 atom stereocenters. The van der Waals surface area contributed by atoms with Crippen molar-refractivity contribution >= 4 is 15.9 Å². The number of hydrogen-bond acceptors (Lipinski definition) is 3. The predicted octanol–water partition coefficient (Wildman–Crippen LogP) is 1.52. The Morgan fingerprint density at radius 2 is 2.24 bits per heavy atom. The van der Waals surface area contributed by atoms with Gasteiger partial charge < -0.3 is 10.6 Å². The van der Waals surface area contributed by atoms with Crippen molar-refractivity contribution in [2.45, 2.75) is 12.6 Å². The summed E-state index contributed by atoms with van der Waals surface area (Å²) in [6.45, 7) is 5.04. The van der Waals surface area contributed by atoms with Gasteiger partial charge in [0, 0.05) is 43.2 Å². The number of piperazine rings is 1. The Hall–Kier alpha value is -0.420. The first-order valence-electron chi connectivity index (χ1n) is 6.06. The van der Waals surface area contributed by atoms with E-state index < -0.39 is 0 Å². The molecule has 2 N–H and O–H groups in total. The van der Waals surface area contributed by atoms with Crippen LogP contribution in [0.25, 0.3) is 0 Å². The zero-order chi connectivity index (χ0) is 12.3. The number of rotatable bonds is 3. The fourth-order valence-electron chi connectivity index (χ4n) is 2.35. The van der Waals surface area contributed by atoms with E-state index in [4.69, 9.17) is 5.73 Å². The molecule has 17 heavy (non-hydrogen) atoms. The van der Waals surface area contributed by atoms with Gasteiger partial charge in [-0.25, -0.2) is 0 Å². The Labute approximate surface area is 112 Å². The second-order valence-electron chi connectivity index (χ2n) is 4.75. The lowest BCUT2D eigenvalue weighted by molar-refractivity contribution is 0.0881. The average molecular weight is 298 g/mol. The molecule has 1 unspecified atom stereocenters. The normalized spacial score (nSPS) is 22.9. The first-order chi connectivity index (χ1) is 8.19. The van der Waals surface area contributed by atoms with E-state index >= 15 is 0 Å². The van der Waals surface area contributed by atoms with E-state index in [1.54, 1.807) is 0 Å². The highest BCUT2D eigenvalue weighted by Crippen LogP contribution is 2.16. The summed E-state index contributed by atoms with van der Waals surface area (Å²) in [6.07, 6.45) is 0. The largest absolute Gasteiger partial charge is 0.329 e. The van der Waals surface area contributed by atoms with E-state index in [0.29, 0.717) is 6.04 Å². The molecule has 1 saturated heterocycles. The number of nitrogens with two attached hydrogens (primary N) is 1. The summed E-state index contributed by atoms with van der Waals surface area (Å²) in [4.78, 5) is 4.84. The Kier molecular flexibility index (Phi) is 4.56. The van der Waals surface area contributed by atoms with Gasteiger partial charge in [-0.2, -0.15) is 0 Å². The van der Waals surface area contributed by atoms with Gasteiger partial charge in [-0.05, 0) is 24.7 Å². The Balaban J connectivity index is 2.02. The fourth-order valence-corrected chi connectivity index (χ4v) is 2.80. The number of halogens is 1. The summed E-state index contributed by atoms with van der Waals surface area (Å²) in [5, 5.41) is 0. The van der Waals surface area contributed by atoms with Crippen molar-refractivity contribution in [3.05, 3.63) is 34.3 Å². The quantitative estimate of drug-likeness (QED) is 0.918. The first-order valence-corrected chi connectivity index (χ1v) is 6.85. The lowest BCUT2D eigenvalue weighted by atomic mass is 10.1. The third-order valence-electron chi connectivity index (χ3n) is 3.35. The summed E-state index contributed by atoms with van der Waals surface area (Å²) in [6, 6.07) is 9.00. The molecule has 1 fully saturated rings. The lowest BCUT2D eigenvalue weighted by Crippen LogP contribution is -2.54. The van der Waals surface area contributed by atoms with Crippen LogP contribution in [0.3, 0.4) is 0 Å². The summed E-state index contributed by atoms with van der Waals surface area (Å²) in [5.41, 5.74) is 7.21. The molecule has 1 aromatic rings. The molecule has 2 rings (SSSR count). The van der Waals surface area contributed by atoms with E-state index in [1.165, 1.54) is 5.56 Å². The van der Waals surface area contributed by atoms with Crippen LogP contribution in [-0.4, -0.2) is 49.1 Å². The van der Waals surface area contributed by atoms with E-state index in [1.807, 2.05) is 0 Å². The third-order valence-corrected chi connectivity index (χ3v) is 3.85.